The van der Waals surface area contributed by atoms with Gasteiger partial charge in [0.05, 0.1) is 12.8 Å². The van der Waals surface area contributed by atoms with Crippen molar-refractivity contribution < 1.29 is 21.6 Å². The molecule has 0 atom stereocenters. The van der Waals surface area contributed by atoms with Gasteiger partial charge in [-0.1, -0.05) is 0 Å². The van der Waals surface area contributed by atoms with Crippen LogP contribution in [0.4, 0.5) is 13.2 Å². The molecule has 20 heavy (non-hydrogen) atoms. The van der Waals surface area contributed by atoms with E-state index in [0.717, 1.165) is 6.26 Å². The zero-order valence-electron chi connectivity index (χ0n) is 11.5. The monoisotopic (exact) mass is 317 g/mol. The van der Waals surface area contributed by atoms with Gasteiger partial charge in [-0.15, -0.1) is 0 Å². The second-order valence-corrected chi connectivity index (χ2v) is 6.97. The number of nitrogens with one attached hydrogen (secondary N) is 2. The van der Waals surface area contributed by atoms with Gasteiger partial charge in [0, 0.05) is 12.6 Å². The zero-order chi connectivity index (χ0) is 15.2. The second kappa shape index (κ2) is 7.58. The number of piperidine rings is 1. The van der Waals surface area contributed by atoms with E-state index in [2.05, 4.69) is 10.0 Å². The lowest BCUT2D eigenvalue weighted by Crippen LogP contribution is -2.46. The molecule has 0 aromatic carbocycles. The van der Waals surface area contributed by atoms with Gasteiger partial charge in [0.25, 0.3) is 0 Å². The summed E-state index contributed by atoms with van der Waals surface area (Å²) in [6.07, 6.45) is -0.977. The summed E-state index contributed by atoms with van der Waals surface area (Å²) in [5, 5.41) is 3.25. The lowest BCUT2D eigenvalue weighted by Gasteiger charge is -2.32. The van der Waals surface area contributed by atoms with Crippen LogP contribution in [0.15, 0.2) is 0 Å². The van der Waals surface area contributed by atoms with Crippen molar-refractivity contribution in [2.24, 2.45) is 0 Å². The maximum atomic E-state index is 12.2. The summed E-state index contributed by atoms with van der Waals surface area (Å²) in [7, 11) is -3.15. The number of sulfonamides is 1. The molecule has 0 aromatic heterocycles. The third-order valence-electron chi connectivity index (χ3n) is 3.14. The SMILES string of the molecule is CS(=O)(=O)NCCCNC1CCN(CC(F)(F)F)CC1. The summed E-state index contributed by atoms with van der Waals surface area (Å²) in [5.74, 6) is 0. The molecule has 9 heteroatoms. The summed E-state index contributed by atoms with van der Waals surface area (Å²) in [6.45, 7) is 1.08. The molecular weight excluding hydrogens is 295 g/mol. The van der Waals surface area contributed by atoms with Crippen molar-refractivity contribution in [3.8, 4) is 0 Å². The van der Waals surface area contributed by atoms with E-state index < -0.39 is 22.7 Å². The molecule has 0 aliphatic carbocycles. The first-order valence-corrected chi connectivity index (χ1v) is 8.52. The fourth-order valence-corrected chi connectivity index (χ4v) is 2.72. The quantitative estimate of drug-likeness (QED) is 0.673. The molecule has 1 heterocycles. The summed E-state index contributed by atoms with van der Waals surface area (Å²) < 4.78 is 60.6. The first-order chi connectivity index (χ1) is 9.16. The molecule has 120 valence electrons. The summed E-state index contributed by atoms with van der Waals surface area (Å²) in [6, 6.07) is 0.220. The van der Waals surface area contributed by atoms with Crippen molar-refractivity contribution in [1.82, 2.24) is 14.9 Å². The van der Waals surface area contributed by atoms with Crippen molar-refractivity contribution in [3.63, 3.8) is 0 Å². The number of nitrogens with zero attached hydrogens (tertiary/aromatic N) is 1. The smallest absolute Gasteiger partial charge is 0.314 e. The summed E-state index contributed by atoms with van der Waals surface area (Å²) in [5.41, 5.74) is 0. The Kier molecular flexibility index (Phi) is 6.70. The van der Waals surface area contributed by atoms with E-state index in [4.69, 9.17) is 0 Å². The van der Waals surface area contributed by atoms with Gasteiger partial charge in [-0.3, -0.25) is 4.90 Å². The van der Waals surface area contributed by atoms with Crippen LogP contribution in [-0.4, -0.2) is 64.5 Å². The van der Waals surface area contributed by atoms with E-state index >= 15 is 0 Å². The molecule has 0 unspecified atom stereocenters. The fourth-order valence-electron chi connectivity index (χ4n) is 2.20. The van der Waals surface area contributed by atoms with E-state index in [1.165, 1.54) is 4.90 Å². The lowest BCUT2D eigenvalue weighted by molar-refractivity contribution is -0.148. The minimum atomic E-state index is -4.13. The minimum absolute atomic E-state index is 0.220. The van der Waals surface area contributed by atoms with Gasteiger partial charge >= 0.3 is 6.18 Å². The third-order valence-corrected chi connectivity index (χ3v) is 3.87. The highest BCUT2D eigenvalue weighted by Crippen LogP contribution is 2.19. The largest absolute Gasteiger partial charge is 0.401 e. The van der Waals surface area contributed by atoms with Crippen molar-refractivity contribution in [1.29, 1.82) is 0 Å². The molecule has 0 radical (unpaired) electrons. The van der Waals surface area contributed by atoms with Gasteiger partial charge in [0.2, 0.25) is 10.0 Å². The van der Waals surface area contributed by atoms with Crippen LogP contribution in [0.25, 0.3) is 0 Å². The van der Waals surface area contributed by atoms with Gasteiger partial charge in [-0.05, 0) is 38.9 Å². The van der Waals surface area contributed by atoms with E-state index in [1.807, 2.05) is 0 Å². The van der Waals surface area contributed by atoms with E-state index in [0.29, 0.717) is 45.4 Å². The lowest BCUT2D eigenvalue weighted by atomic mass is 10.0. The highest BCUT2D eigenvalue weighted by atomic mass is 32.2. The number of rotatable bonds is 7. The van der Waals surface area contributed by atoms with Crippen LogP contribution >= 0.6 is 0 Å². The summed E-state index contributed by atoms with van der Waals surface area (Å²) >= 11 is 0. The molecule has 0 amide bonds. The molecule has 0 spiro atoms. The zero-order valence-corrected chi connectivity index (χ0v) is 12.4. The predicted molar refractivity (Wildman–Crippen MR) is 71.0 cm³/mol. The van der Waals surface area contributed by atoms with Crippen molar-refractivity contribution in [2.45, 2.75) is 31.5 Å². The summed E-state index contributed by atoms with van der Waals surface area (Å²) in [4.78, 5) is 1.42. The maximum absolute atomic E-state index is 12.2. The molecule has 1 fully saturated rings. The topological polar surface area (TPSA) is 61.4 Å². The van der Waals surface area contributed by atoms with Crippen LogP contribution in [-0.2, 0) is 10.0 Å². The Labute approximate surface area is 117 Å². The number of likely N-dealkylation sites (tertiary alicyclic amines) is 1. The van der Waals surface area contributed by atoms with Crippen LogP contribution in [0.3, 0.4) is 0 Å². The number of hydrogen-bond acceptors (Lipinski definition) is 4. The minimum Gasteiger partial charge on any atom is -0.314 e. The molecule has 2 N–H and O–H groups in total. The third kappa shape index (κ3) is 8.72. The van der Waals surface area contributed by atoms with Crippen molar-refractivity contribution in [2.75, 3.05) is 39.0 Å². The van der Waals surface area contributed by atoms with Gasteiger partial charge in [0.15, 0.2) is 0 Å². The van der Waals surface area contributed by atoms with Crippen LogP contribution < -0.4 is 10.0 Å². The van der Waals surface area contributed by atoms with Gasteiger partial charge in [-0.2, -0.15) is 13.2 Å². The predicted octanol–water partition coefficient (Wildman–Crippen LogP) is 0.542. The molecule has 1 rings (SSSR count). The molecule has 1 aliphatic heterocycles. The molecule has 0 bridgehead atoms. The van der Waals surface area contributed by atoms with Gasteiger partial charge < -0.3 is 5.32 Å². The first kappa shape index (κ1) is 17.7. The van der Waals surface area contributed by atoms with Gasteiger partial charge in [0.1, 0.15) is 0 Å². The fraction of sp³-hybridized carbons (Fsp3) is 1.00. The van der Waals surface area contributed by atoms with E-state index in [1.54, 1.807) is 0 Å². The Morgan fingerprint density at radius 2 is 1.80 bits per heavy atom. The molecule has 5 nitrogen and oxygen atoms in total. The Morgan fingerprint density at radius 1 is 1.20 bits per heavy atom. The van der Waals surface area contributed by atoms with Gasteiger partial charge in [-0.25, -0.2) is 13.1 Å². The molecule has 0 saturated carbocycles. The highest BCUT2D eigenvalue weighted by Gasteiger charge is 2.32. The Bertz CT molecular complexity index is 379. The highest BCUT2D eigenvalue weighted by molar-refractivity contribution is 7.88. The average Bonchev–Trinajstić information content (AvgIpc) is 2.27. The number of alkyl halides is 3. The second-order valence-electron chi connectivity index (χ2n) is 5.14. The van der Waals surface area contributed by atoms with Crippen LogP contribution in [0.1, 0.15) is 19.3 Å². The average molecular weight is 317 g/mol. The van der Waals surface area contributed by atoms with Crippen molar-refractivity contribution in [3.05, 3.63) is 0 Å². The van der Waals surface area contributed by atoms with E-state index in [-0.39, 0.29) is 6.04 Å². The maximum Gasteiger partial charge on any atom is 0.401 e. The Balaban J connectivity index is 2.08. The normalized spacial score (nSPS) is 19.4. The van der Waals surface area contributed by atoms with Crippen LogP contribution in [0.2, 0.25) is 0 Å². The van der Waals surface area contributed by atoms with Crippen LogP contribution in [0.5, 0.6) is 0 Å². The first-order valence-electron chi connectivity index (χ1n) is 6.63. The molecular formula is C11H22F3N3O2S. The Morgan fingerprint density at radius 3 is 2.30 bits per heavy atom. The molecule has 1 saturated heterocycles. The van der Waals surface area contributed by atoms with E-state index in [9.17, 15) is 21.6 Å². The Hall–Kier alpha value is -0.380. The standard InChI is InChI=1S/C11H22F3N3O2S/c1-20(18,19)16-6-2-5-15-10-3-7-17(8-4-10)9-11(12,13)14/h10,15-16H,2-9H2,1H3. The van der Waals surface area contributed by atoms with Crippen LogP contribution in [0, 0.1) is 0 Å². The number of hydrogen-bond donors (Lipinski definition) is 2. The molecule has 1 aliphatic rings. The van der Waals surface area contributed by atoms with Crippen molar-refractivity contribution >= 4 is 10.0 Å². The molecule has 0 aromatic rings. The number of halogens is 3.